The number of halogens is 1. The number of fused-ring (bicyclic) bond motifs is 1. The lowest BCUT2D eigenvalue weighted by atomic mass is 10.2. The summed E-state index contributed by atoms with van der Waals surface area (Å²) in [4.78, 5) is 38.0. The van der Waals surface area contributed by atoms with Crippen molar-refractivity contribution < 1.29 is 23.5 Å². The quantitative estimate of drug-likeness (QED) is 0.524. The molecular formula is C21H16FN3O4S2. The number of alkyl carbamates (subject to hydrolysis) is 1. The molecule has 0 bridgehead atoms. The standard InChI is InChI=1S/C21H16FN3O4S2/c22-13-7-5-12(6-8-13)11-29-21(28)25-17(26)14-9-10-30-19(14)24-18(27)20-23-15-3-1-2-4-16(15)31-20/h1-10,20,23H,11H2,(H,24,27)(H,25,26,28). The van der Waals surface area contributed by atoms with Gasteiger partial charge in [-0.1, -0.05) is 36.0 Å². The van der Waals surface area contributed by atoms with E-state index in [1.54, 1.807) is 5.38 Å². The Morgan fingerprint density at radius 3 is 2.61 bits per heavy atom. The molecule has 0 aliphatic carbocycles. The van der Waals surface area contributed by atoms with Crippen LogP contribution in [-0.2, 0) is 16.1 Å². The molecule has 3 amide bonds. The van der Waals surface area contributed by atoms with Crippen LogP contribution in [0.4, 0.5) is 19.9 Å². The maximum Gasteiger partial charge on any atom is 0.414 e. The second kappa shape index (κ2) is 9.19. The predicted octanol–water partition coefficient (Wildman–Crippen LogP) is 4.44. The Hall–Kier alpha value is -3.37. The number of benzene rings is 2. The molecule has 1 atom stereocenters. The number of hydrogen-bond donors (Lipinski definition) is 3. The predicted molar refractivity (Wildman–Crippen MR) is 117 cm³/mol. The fourth-order valence-electron chi connectivity index (χ4n) is 2.79. The van der Waals surface area contributed by atoms with Gasteiger partial charge < -0.3 is 15.4 Å². The van der Waals surface area contributed by atoms with Crippen molar-refractivity contribution in [2.45, 2.75) is 16.9 Å². The number of carbonyl (C=O) groups excluding carboxylic acids is 3. The molecule has 1 aliphatic rings. The van der Waals surface area contributed by atoms with Gasteiger partial charge in [-0.15, -0.1) is 11.3 Å². The Bertz CT molecular complexity index is 1110. The van der Waals surface area contributed by atoms with E-state index in [9.17, 15) is 18.8 Å². The van der Waals surface area contributed by atoms with Gasteiger partial charge >= 0.3 is 6.09 Å². The van der Waals surface area contributed by atoms with Crippen molar-refractivity contribution in [1.29, 1.82) is 0 Å². The van der Waals surface area contributed by atoms with Crippen LogP contribution in [0.3, 0.4) is 0 Å². The summed E-state index contributed by atoms with van der Waals surface area (Å²) < 4.78 is 17.9. The maximum absolute atomic E-state index is 12.9. The van der Waals surface area contributed by atoms with Crippen LogP contribution in [0, 0.1) is 5.82 Å². The van der Waals surface area contributed by atoms with E-state index in [0.717, 1.165) is 10.6 Å². The Balaban J connectivity index is 1.32. The number of amides is 3. The van der Waals surface area contributed by atoms with Crippen molar-refractivity contribution >= 4 is 51.7 Å². The zero-order valence-corrected chi connectivity index (χ0v) is 17.5. The third kappa shape index (κ3) is 5.04. The summed E-state index contributed by atoms with van der Waals surface area (Å²) in [6.45, 7) is -0.113. The normalized spacial score (nSPS) is 14.3. The number of hydrogen-bond acceptors (Lipinski definition) is 7. The molecule has 1 aromatic heterocycles. The Labute approximate surface area is 185 Å². The highest BCUT2D eigenvalue weighted by Crippen LogP contribution is 2.38. The lowest BCUT2D eigenvalue weighted by Gasteiger charge is -2.11. The SMILES string of the molecule is O=C(NC(=O)c1ccsc1NC(=O)C1Nc2ccccc2S1)OCc1ccc(F)cc1. The van der Waals surface area contributed by atoms with Crippen molar-refractivity contribution in [3.05, 3.63) is 76.9 Å². The highest BCUT2D eigenvalue weighted by atomic mass is 32.2. The topological polar surface area (TPSA) is 96.5 Å². The number of para-hydroxylation sites is 1. The van der Waals surface area contributed by atoms with Crippen LogP contribution in [-0.4, -0.2) is 23.3 Å². The molecule has 7 nitrogen and oxygen atoms in total. The molecule has 158 valence electrons. The largest absolute Gasteiger partial charge is 0.444 e. The molecule has 1 unspecified atom stereocenters. The number of nitrogens with one attached hydrogen (secondary N) is 3. The highest BCUT2D eigenvalue weighted by Gasteiger charge is 2.28. The minimum Gasteiger partial charge on any atom is -0.444 e. The molecule has 10 heteroatoms. The highest BCUT2D eigenvalue weighted by molar-refractivity contribution is 8.01. The van der Waals surface area contributed by atoms with E-state index in [0.29, 0.717) is 10.6 Å². The van der Waals surface area contributed by atoms with E-state index >= 15 is 0 Å². The van der Waals surface area contributed by atoms with Crippen LogP contribution in [0.15, 0.2) is 64.9 Å². The molecule has 2 aromatic carbocycles. The Kier molecular flexibility index (Phi) is 6.19. The molecule has 0 fully saturated rings. The third-order valence-corrected chi connectivity index (χ3v) is 6.31. The van der Waals surface area contributed by atoms with Gasteiger partial charge in [0.15, 0.2) is 5.37 Å². The molecule has 4 rings (SSSR count). The van der Waals surface area contributed by atoms with Crippen LogP contribution >= 0.6 is 23.1 Å². The van der Waals surface area contributed by atoms with Gasteiger partial charge in [0.1, 0.15) is 17.4 Å². The van der Waals surface area contributed by atoms with Gasteiger partial charge in [0.05, 0.1) is 5.56 Å². The van der Waals surface area contributed by atoms with Crippen LogP contribution < -0.4 is 16.0 Å². The van der Waals surface area contributed by atoms with Crippen LogP contribution in [0.25, 0.3) is 0 Å². The minimum atomic E-state index is -0.943. The lowest BCUT2D eigenvalue weighted by Crippen LogP contribution is -2.32. The fraction of sp³-hybridized carbons (Fsp3) is 0.0952. The van der Waals surface area contributed by atoms with Crippen LogP contribution in [0.2, 0.25) is 0 Å². The zero-order chi connectivity index (χ0) is 21.8. The molecule has 3 aromatic rings. The summed E-state index contributed by atoms with van der Waals surface area (Å²) in [6.07, 6.45) is -0.943. The Morgan fingerprint density at radius 1 is 1.06 bits per heavy atom. The van der Waals surface area contributed by atoms with E-state index < -0.39 is 23.2 Å². The van der Waals surface area contributed by atoms with Gasteiger partial charge in [-0.2, -0.15) is 0 Å². The minimum absolute atomic E-state index is 0.113. The zero-order valence-electron chi connectivity index (χ0n) is 15.9. The molecule has 3 N–H and O–H groups in total. The molecule has 0 saturated heterocycles. The molecule has 1 aliphatic heterocycles. The first-order valence-corrected chi connectivity index (χ1v) is 10.9. The van der Waals surface area contributed by atoms with Gasteiger partial charge in [-0.25, -0.2) is 9.18 Å². The van der Waals surface area contributed by atoms with Crippen LogP contribution in [0.5, 0.6) is 0 Å². The van der Waals surface area contributed by atoms with E-state index in [2.05, 4.69) is 16.0 Å². The van der Waals surface area contributed by atoms with Crippen molar-refractivity contribution in [3.8, 4) is 0 Å². The first kappa shape index (κ1) is 20.9. The van der Waals surface area contributed by atoms with Crippen molar-refractivity contribution in [1.82, 2.24) is 5.32 Å². The van der Waals surface area contributed by atoms with Gasteiger partial charge in [-0.3, -0.25) is 14.9 Å². The van der Waals surface area contributed by atoms with E-state index in [4.69, 9.17) is 4.74 Å². The summed E-state index contributed by atoms with van der Waals surface area (Å²) >= 11 is 2.55. The number of ether oxygens (including phenoxy) is 1. The lowest BCUT2D eigenvalue weighted by molar-refractivity contribution is -0.115. The van der Waals surface area contributed by atoms with Gasteiger partial charge in [0, 0.05) is 10.6 Å². The molecule has 0 radical (unpaired) electrons. The average Bonchev–Trinajstić information content (AvgIpc) is 3.40. The van der Waals surface area contributed by atoms with Crippen LogP contribution in [0.1, 0.15) is 15.9 Å². The van der Waals surface area contributed by atoms with Crippen molar-refractivity contribution in [2.24, 2.45) is 0 Å². The molecule has 0 saturated carbocycles. The molecule has 2 heterocycles. The first-order chi connectivity index (χ1) is 15.0. The number of thioether (sulfide) groups is 1. The average molecular weight is 458 g/mol. The summed E-state index contributed by atoms with van der Waals surface area (Å²) in [6, 6.07) is 14.5. The molecule has 31 heavy (non-hydrogen) atoms. The number of thiophene rings is 1. The van der Waals surface area contributed by atoms with Gasteiger partial charge in [0.2, 0.25) is 0 Å². The smallest absolute Gasteiger partial charge is 0.414 e. The molecule has 0 spiro atoms. The van der Waals surface area contributed by atoms with Gasteiger partial charge in [-0.05, 0) is 41.3 Å². The van der Waals surface area contributed by atoms with Gasteiger partial charge in [0.25, 0.3) is 11.8 Å². The van der Waals surface area contributed by atoms with E-state index in [1.807, 2.05) is 24.3 Å². The van der Waals surface area contributed by atoms with E-state index in [-0.39, 0.29) is 18.1 Å². The maximum atomic E-state index is 12.9. The number of imide groups is 1. The van der Waals surface area contributed by atoms with Crippen molar-refractivity contribution in [3.63, 3.8) is 0 Å². The van der Waals surface area contributed by atoms with E-state index in [1.165, 1.54) is 53.4 Å². The number of rotatable bonds is 5. The number of carbonyl (C=O) groups is 3. The fourth-order valence-corrected chi connectivity index (χ4v) is 4.60. The Morgan fingerprint density at radius 2 is 1.84 bits per heavy atom. The summed E-state index contributed by atoms with van der Waals surface area (Å²) in [5.41, 5.74) is 1.60. The summed E-state index contributed by atoms with van der Waals surface area (Å²) in [5, 5.41) is 9.41. The second-order valence-corrected chi connectivity index (χ2v) is 8.51. The third-order valence-electron chi connectivity index (χ3n) is 4.30. The monoisotopic (exact) mass is 457 g/mol. The summed E-state index contributed by atoms with van der Waals surface area (Å²) in [5.74, 6) is -1.40. The number of anilines is 2. The second-order valence-electron chi connectivity index (χ2n) is 6.45. The first-order valence-electron chi connectivity index (χ1n) is 9.13. The summed E-state index contributed by atoms with van der Waals surface area (Å²) in [7, 11) is 0. The van der Waals surface area contributed by atoms with Crippen molar-refractivity contribution in [2.75, 3.05) is 10.6 Å². The molecular weight excluding hydrogens is 441 g/mol.